The lowest BCUT2D eigenvalue weighted by Gasteiger charge is -2.51. The second-order valence-electron chi connectivity index (χ2n) is 10.9. The number of ether oxygens (including phenoxy) is 2. The molecular formula is C34H25F2N3O4S. The number of amides is 1. The Morgan fingerprint density at radius 1 is 0.886 bits per heavy atom. The van der Waals surface area contributed by atoms with Crippen LogP contribution >= 0.6 is 11.3 Å². The lowest BCUT2D eigenvalue weighted by atomic mass is 9.92. The smallest absolute Gasteiger partial charge is 0.278 e. The number of pyridine rings is 1. The van der Waals surface area contributed by atoms with E-state index in [-0.39, 0.29) is 30.6 Å². The number of benzene rings is 3. The molecule has 4 heterocycles. The average molecular weight is 610 g/mol. The molecule has 1 aliphatic carbocycles. The lowest BCUT2D eigenvalue weighted by Crippen LogP contribution is -2.66. The lowest BCUT2D eigenvalue weighted by molar-refractivity contribution is -0.0197. The largest absolute Gasteiger partial charge is 0.482 e. The van der Waals surface area contributed by atoms with Crippen molar-refractivity contribution in [3.63, 3.8) is 0 Å². The summed E-state index contributed by atoms with van der Waals surface area (Å²) in [6, 6.07) is 21.4. The number of hydrogen-bond donors (Lipinski definition) is 0. The van der Waals surface area contributed by atoms with Gasteiger partial charge in [-0.1, -0.05) is 42.5 Å². The van der Waals surface area contributed by atoms with Crippen LogP contribution < -0.4 is 15.2 Å². The molecule has 10 heteroatoms. The molecule has 0 spiro atoms. The van der Waals surface area contributed by atoms with Crippen molar-refractivity contribution in [3.8, 4) is 27.3 Å². The molecule has 0 N–H and O–H groups in total. The average Bonchev–Trinajstić information content (AvgIpc) is 3.50. The number of morpholine rings is 1. The second-order valence-corrected chi connectivity index (χ2v) is 11.9. The molecular weight excluding hydrogens is 584 g/mol. The summed E-state index contributed by atoms with van der Waals surface area (Å²) in [5, 5.41) is 3.90. The fourth-order valence-electron chi connectivity index (χ4n) is 6.54. The van der Waals surface area contributed by atoms with E-state index in [9.17, 15) is 18.4 Å². The third kappa shape index (κ3) is 4.16. The van der Waals surface area contributed by atoms with E-state index in [2.05, 4.69) is 0 Å². The van der Waals surface area contributed by atoms with Crippen molar-refractivity contribution in [2.45, 2.75) is 18.8 Å². The molecule has 8 rings (SSSR count). The first-order valence-corrected chi connectivity index (χ1v) is 15.1. The molecule has 2 aromatic heterocycles. The van der Waals surface area contributed by atoms with Crippen molar-refractivity contribution < 1.29 is 23.0 Å². The highest BCUT2D eigenvalue weighted by molar-refractivity contribution is 7.14. The van der Waals surface area contributed by atoms with Crippen molar-refractivity contribution in [2.75, 3.05) is 24.8 Å². The Morgan fingerprint density at radius 3 is 2.43 bits per heavy atom. The quantitative estimate of drug-likeness (QED) is 0.252. The maximum atomic E-state index is 14.9. The Hall–Kier alpha value is -4.80. The minimum absolute atomic E-state index is 0.0531. The molecule has 1 unspecified atom stereocenters. The highest BCUT2D eigenvalue weighted by Gasteiger charge is 2.46. The van der Waals surface area contributed by atoms with Crippen LogP contribution in [0.3, 0.4) is 0 Å². The van der Waals surface area contributed by atoms with E-state index in [0.717, 1.165) is 27.1 Å². The number of fused-ring (bicyclic) bond motifs is 7. The molecule has 1 amide bonds. The molecule has 0 radical (unpaired) electrons. The van der Waals surface area contributed by atoms with Gasteiger partial charge in [0, 0.05) is 34.8 Å². The van der Waals surface area contributed by atoms with Gasteiger partial charge in [-0.2, -0.15) is 0 Å². The van der Waals surface area contributed by atoms with Gasteiger partial charge in [-0.15, -0.1) is 11.3 Å². The van der Waals surface area contributed by atoms with Crippen LogP contribution in [0.2, 0.25) is 0 Å². The van der Waals surface area contributed by atoms with Crippen molar-refractivity contribution in [1.82, 2.24) is 9.58 Å². The van der Waals surface area contributed by atoms with Crippen LogP contribution in [0.15, 0.2) is 95.2 Å². The molecule has 220 valence electrons. The zero-order valence-corrected chi connectivity index (χ0v) is 24.1. The third-order valence-electron chi connectivity index (χ3n) is 8.47. The Bertz CT molecular complexity index is 1920. The Kier molecular flexibility index (Phi) is 6.35. The first-order chi connectivity index (χ1) is 21.5. The van der Waals surface area contributed by atoms with E-state index in [1.54, 1.807) is 27.9 Å². The summed E-state index contributed by atoms with van der Waals surface area (Å²) in [4.78, 5) is 30.0. The Balaban J connectivity index is 1.38. The zero-order chi connectivity index (χ0) is 29.9. The number of carbonyl (C=O) groups is 1. The molecule has 3 aliphatic rings. The van der Waals surface area contributed by atoms with Gasteiger partial charge in [-0.05, 0) is 58.0 Å². The van der Waals surface area contributed by atoms with Crippen LogP contribution in [0.4, 0.5) is 8.78 Å². The highest BCUT2D eigenvalue weighted by Crippen LogP contribution is 2.50. The molecule has 7 nitrogen and oxygen atoms in total. The molecule has 0 bridgehead atoms. The van der Waals surface area contributed by atoms with Gasteiger partial charge in [0.15, 0.2) is 11.4 Å². The van der Waals surface area contributed by atoms with Crippen LogP contribution in [0, 0.1) is 11.6 Å². The predicted molar refractivity (Wildman–Crippen MR) is 162 cm³/mol. The fourth-order valence-corrected chi connectivity index (χ4v) is 7.48. The SMILES string of the molecule is O=C1c2c(OCc3ccccc3)c(=O)ccn2N(C2c3ccc(F)cc3-c3ccsc3-c3cc(F)ccc32)[C@@H]2COCCN12. The summed E-state index contributed by atoms with van der Waals surface area (Å²) in [5.74, 6) is -1.19. The Labute approximate surface area is 255 Å². The summed E-state index contributed by atoms with van der Waals surface area (Å²) in [7, 11) is 0. The van der Waals surface area contributed by atoms with E-state index in [0.29, 0.717) is 24.3 Å². The number of halogens is 2. The van der Waals surface area contributed by atoms with E-state index in [1.165, 1.54) is 41.7 Å². The number of hydrogen-bond acceptors (Lipinski definition) is 6. The third-order valence-corrected chi connectivity index (χ3v) is 9.41. The summed E-state index contributed by atoms with van der Waals surface area (Å²) in [6.07, 6.45) is 0.995. The second kappa shape index (κ2) is 10.4. The van der Waals surface area contributed by atoms with E-state index in [4.69, 9.17) is 9.47 Å². The van der Waals surface area contributed by atoms with Gasteiger partial charge in [0.1, 0.15) is 24.4 Å². The molecule has 3 aromatic carbocycles. The molecule has 1 fully saturated rings. The number of rotatable bonds is 4. The van der Waals surface area contributed by atoms with E-state index >= 15 is 0 Å². The standard InChI is InChI=1S/C34H25F2N3O4S/c35-21-6-8-23-26(16-21)25-11-15-44-33(25)27-17-22(36)7-9-24(27)30(23)39-29-19-42-14-13-37(29)34(41)31-32(28(40)10-12-38(31)39)43-18-20-4-2-1-3-5-20/h1-12,15-17,29-30H,13-14,18-19H2/t29-,30?/m1/s1. The summed E-state index contributed by atoms with van der Waals surface area (Å²) >= 11 is 1.46. The summed E-state index contributed by atoms with van der Waals surface area (Å²) in [5.41, 5.74) is 4.23. The molecule has 2 atom stereocenters. The van der Waals surface area contributed by atoms with Gasteiger partial charge in [0.05, 0.1) is 19.3 Å². The Morgan fingerprint density at radius 2 is 1.64 bits per heavy atom. The van der Waals surface area contributed by atoms with Gasteiger partial charge in [0.25, 0.3) is 5.91 Å². The highest BCUT2D eigenvalue weighted by atomic mass is 32.1. The maximum Gasteiger partial charge on any atom is 0.278 e. The van der Waals surface area contributed by atoms with Crippen molar-refractivity contribution in [2.24, 2.45) is 0 Å². The summed E-state index contributed by atoms with van der Waals surface area (Å²) in [6.45, 7) is 0.927. The van der Waals surface area contributed by atoms with Gasteiger partial charge < -0.3 is 14.4 Å². The van der Waals surface area contributed by atoms with Crippen LogP contribution in [0.25, 0.3) is 21.6 Å². The molecule has 1 saturated heterocycles. The molecule has 0 saturated carbocycles. The minimum atomic E-state index is -0.619. The van der Waals surface area contributed by atoms with Crippen molar-refractivity contribution in [3.05, 3.63) is 135 Å². The van der Waals surface area contributed by atoms with Gasteiger partial charge in [-0.25, -0.2) is 8.78 Å². The van der Waals surface area contributed by atoms with Crippen molar-refractivity contribution in [1.29, 1.82) is 0 Å². The molecule has 2 aliphatic heterocycles. The number of nitrogens with zero attached hydrogens (tertiary/aromatic N) is 3. The normalized spacial score (nSPS) is 18.5. The number of thiophene rings is 1. The van der Waals surface area contributed by atoms with Gasteiger partial charge in [-0.3, -0.25) is 19.3 Å². The predicted octanol–water partition coefficient (Wildman–Crippen LogP) is 5.95. The number of aromatic nitrogens is 1. The van der Waals surface area contributed by atoms with Crippen LogP contribution in [-0.4, -0.2) is 41.4 Å². The van der Waals surface area contributed by atoms with Crippen LogP contribution in [0.5, 0.6) is 5.75 Å². The van der Waals surface area contributed by atoms with Crippen LogP contribution in [0.1, 0.15) is 33.2 Å². The topological polar surface area (TPSA) is 64.0 Å². The molecule has 5 aromatic rings. The maximum absolute atomic E-state index is 14.9. The first kappa shape index (κ1) is 26.8. The summed E-state index contributed by atoms with van der Waals surface area (Å²) < 4.78 is 43.4. The first-order valence-electron chi connectivity index (χ1n) is 14.3. The van der Waals surface area contributed by atoms with Gasteiger partial charge >= 0.3 is 0 Å². The zero-order valence-electron chi connectivity index (χ0n) is 23.3. The number of carbonyl (C=O) groups excluding carboxylic acids is 1. The van der Waals surface area contributed by atoms with E-state index in [1.807, 2.05) is 46.8 Å². The monoisotopic (exact) mass is 609 g/mol. The van der Waals surface area contributed by atoms with Gasteiger partial charge in [0.2, 0.25) is 5.43 Å². The molecule has 44 heavy (non-hydrogen) atoms. The minimum Gasteiger partial charge on any atom is -0.482 e. The van der Waals surface area contributed by atoms with Crippen LogP contribution in [-0.2, 0) is 11.3 Å². The fraction of sp³-hybridized carbons (Fsp3) is 0.176. The van der Waals surface area contributed by atoms with E-state index < -0.39 is 29.3 Å². The van der Waals surface area contributed by atoms with Crippen molar-refractivity contribution >= 4 is 17.2 Å².